The number of aromatic nitrogens is 2. The summed E-state index contributed by atoms with van der Waals surface area (Å²) in [5, 5.41) is 0.369. The van der Waals surface area contributed by atoms with Crippen LogP contribution in [0.3, 0.4) is 0 Å². The second kappa shape index (κ2) is 7.90. The van der Waals surface area contributed by atoms with Crippen LogP contribution in [-0.2, 0) is 17.9 Å². The van der Waals surface area contributed by atoms with Crippen LogP contribution in [0.15, 0.2) is 53.6 Å². The fourth-order valence-corrected chi connectivity index (χ4v) is 2.81. The van der Waals surface area contributed by atoms with E-state index in [1.807, 2.05) is 30.3 Å². The molecule has 0 spiro atoms. The van der Waals surface area contributed by atoms with Crippen LogP contribution in [0.5, 0.6) is 11.5 Å². The van der Waals surface area contributed by atoms with Crippen LogP contribution in [0.25, 0.3) is 10.9 Å². The molecule has 7 heteroatoms. The lowest BCUT2D eigenvalue weighted by molar-refractivity contribution is -0.131. The van der Waals surface area contributed by atoms with Gasteiger partial charge in [0, 0.05) is 19.7 Å². The minimum absolute atomic E-state index is 0.0839. The summed E-state index contributed by atoms with van der Waals surface area (Å²) in [5.74, 6) is 0.755. The Labute approximate surface area is 156 Å². The molecule has 1 amide bonds. The minimum atomic E-state index is -0.303. The van der Waals surface area contributed by atoms with Crippen LogP contribution in [-0.4, -0.2) is 41.6 Å². The van der Waals surface area contributed by atoms with E-state index in [4.69, 9.17) is 9.47 Å². The summed E-state index contributed by atoms with van der Waals surface area (Å²) < 4.78 is 11.8. The molecule has 1 aromatic heterocycles. The summed E-state index contributed by atoms with van der Waals surface area (Å²) in [6.45, 7) is 0.389. The number of hydrogen-bond donors (Lipinski definition) is 0. The highest BCUT2D eigenvalue weighted by atomic mass is 16.5. The van der Waals surface area contributed by atoms with Crippen LogP contribution in [0.4, 0.5) is 0 Å². The number of amides is 1. The van der Waals surface area contributed by atoms with Gasteiger partial charge in [0.05, 0.1) is 31.4 Å². The number of methoxy groups -OCH3 is 2. The van der Waals surface area contributed by atoms with Crippen molar-refractivity contribution in [2.24, 2.45) is 0 Å². The molecule has 0 saturated heterocycles. The largest absolute Gasteiger partial charge is 0.493 e. The van der Waals surface area contributed by atoms with Crippen molar-refractivity contribution >= 4 is 16.8 Å². The van der Waals surface area contributed by atoms with Crippen molar-refractivity contribution in [3.63, 3.8) is 0 Å². The Morgan fingerprint density at radius 2 is 1.78 bits per heavy atom. The molecule has 0 N–H and O–H groups in total. The molecule has 27 heavy (non-hydrogen) atoms. The van der Waals surface area contributed by atoms with Crippen LogP contribution >= 0.6 is 0 Å². The molecule has 0 radical (unpaired) electrons. The molecular formula is C20H21N3O4. The average molecular weight is 367 g/mol. The first-order valence-corrected chi connectivity index (χ1v) is 8.42. The smallest absolute Gasteiger partial charge is 0.261 e. The lowest BCUT2D eigenvalue weighted by Crippen LogP contribution is -2.33. The molecule has 0 aliphatic heterocycles. The van der Waals surface area contributed by atoms with Gasteiger partial charge in [-0.05, 0) is 11.6 Å². The van der Waals surface area contributed by atoms with Gasteiger partial charge in [-0.3, -0.25) is 14.2 Å². The summed E-state index contributed by atoms with van der Waals surface area (Å²) in [4.78, 5) is 31.2. The van der Waals surface area contributed by atoms with E-state index in [9.17, 15) is 9.59 Å². The molecule has 0 bridgehead atoms. The van der Waals surface area contributed by atoms with E-state index in [1.54, 1.807) is 24.1 Å². The number of carbonyl (C=O) groups excluding carboxylic acids is 1. The van der Waals surface area contributed by atoms with Gasteiger partial charge < -0.3 is 14.4 Å². The number of likely N-dealkylation sites (N-methyl/N-ethyl adjacent to an activating group) is 1. The van der Waals surface area contributed by atoms with E-state index in [0.29, 0.717) is 28.9 Å². The van der Waals surface area contributed by atoms with Gasteiger partial charge in [0.2, 0.25) is 5.91 Å². The van der Waals surface area contributed by atoms with E-state index in [1.165, 1.54) is 25.1 Å². The molecule has 0 fully saturated rings. The number of rotatable bonds is 6. The quantitative estimate of drug-likeness (QED) is 0.667. The van der Waals surface area contributed by atoms with Gasteiger partial charge in [0.25, 0.3) is 5.56 Å². The molecule has 0 aliphatic rings. The lowest BCUT2D eigenvalue weighted by atomic mass is 10.2. The molecule has 0 unspecified atom stereocenters. The Hall–Kier alpha value is -3.35. The third-order valence-corrected chi connectivity index (χ3v) is 4.32. The molecular weight excluding hydrogens is 346 g/mol. The molecule has 140 valence electrons. The Morgan fingerprint density at radius 1 is 1.11 bits per heavy atom. The maximum absolute atomic E-state index is 12.8. The number of ether oxygens (including phenoxy) is 2. The van der Waals surface area contributed by atoms with Crippen LogP contribution in [0.2, 0.25) is 0 Å². The second-order valence-electron chi connectivity index (χ2n) is 6.14. The predicted molar refractivity (Wildman–Crippen MR) is 102 cm³/mol. The topological polar surface area (TPSA) is 73.7 Å². The van der Waals surface area contributed by atoms with Gasteiger partial charge in [-0.1, -0.05) is 30.3 Å². The van der Waals surface area contributed by atoms with Crippen LogP contribution in [0, 0.1) is 0 Å². The van der Waals surface area contributed by atoms with Crippen molar-refractivity contribution in [2.45, 2.75) is 13.1 Å². The summed E-state index contributed by atoms with van der Waals surface area (Å²) in [7, 11) is 4.73. The highest BCUT2D eigenvalue weighted by molar-refractivity contribution is 5.82. The zero-order valence-electron chi connectivity index (χ0n) is 15.5. The van der Waals surface area contributed by atoms with Crippen molar-refractivity contribution in [1.82, 2.24) is 14.5 Å². The number of nitrogens with zero attached hydrogens (tertiary/aromatic N) is 3. The lowest BCUT2D eigenvalue weighted by Gasteiger charge is -2.18. The van der Waals surface area contributed by atoms with Gasteiger partial charge in [0.1, 0.15) is 6.54 Å². The highest BCUT2D eigenvalue weighted by Crippen LogP contribution is 2.29. The summed E-state index contributed by atoms with van der Waals surface area (Å²) in [6, 6.07) is 12.9. The molecule has 1 heterocycles. The van der Waals surface area contributed by atoms with E-state index < -0.39 is 0 Å². The minimum Gasteiger partial charge on any atom is -0.493 e. The molecule has 0 aliphatic carbocycles. The Morgan fingerprint density at radius 3 is 2.44 bits per heavy atom. The third kappa shape index (κ3) is 3.92. The fraction of sp³-hybridized carbons (Fsp3) is 0.250. The first-order chi connectivity index (χ1) is 13.0. The Kier molecular flexibility index (Phi) is 5.40. The van der Waals surface area contributed by atoms with Crippen molar-refractivity contribution in [1.29, 1.82) is 0 Å². The van der Waals surface area contributed by atoms with E-state index >= 15 is 0 Å². The molecule has 7 nitrogen and oxygen atoms in total. The maximum Gasteiger partial charge on any atom is 0.261 e. The van der Waals surface area contributed by atoms with Gasteiger partial charge in [0.15, 0.2) is 11.5 Å². The molecule has 3 rings (SSSR count). The van der Waals surface area contributed by atoms with Crippen molar-refractivity contribution in [3.05, 3.63) is 64.7 Å². The normalized spacial score (nSPS) is 10.6. The predicted octanol–water partition coefficient (Wildman–Crippen LogP) is 2.07. The van der Waals surface area contributed by atoms with Crippen molar-refractivity contribution in [3.8, 4) is 11.5 Å². The second-order valence-corrected chi connectivity index (χ2v) is 6.14. The van der Waals surface area contributed by atoms with E-state index in [2.05, 4.69) is 4.98 Å². The van der Waals surface area contributed by atoms with Gasteiger partial charge in [-0.2, -0.15) is 0 Å². The fourth-order valence-electron chi connectivity index (χ4n) is 2.81. The van der Waals surface area contributed by atoms with E-state index in [0.717, 1.165) is 5.56 Å². The molecule has 0 atom stereocenters. The zero-order valence-corrected chi connectivity index (χ0v) is 15.5. The summed E-state index contributed by atoms with van der Waals surface area (Å²) in [6.07, 6.45) is 1.38. The number of benzene rings is 2. The Balaban J connectivity index is 1.85. The standard InChI is InChI=1S/C20H21N3O4/c1-22(11-14-7-5-4-6-8-14)19(24)12-23-13-21-16-10-18(27-3)17(26-2)9-15(16)20(23)25/h4-10,13H,11-12H2,1-3H3. The summed E-state index contributed by atoms with van der Waals surface area (Å²) >= 11 is 0. The maximum atomic E-state index is 12.8. The van der Waals surface area contributed by atoms with Gasteiger partial charge >= 0.3 is 0 Å². The molecule has 2 aromatic carbocycles. The van der Waals surface area contributed by atoms with Crippen LogP contribution < -0.4 is 15.0 Å². The van der Waals surface area contributed by atoms with Gasteiger partial charge in [-0.15, -0.1) is 0 Å². The monoisotopic (exact) mass is 367 g/mol. The molecule has 0 saturated carbocycles. The number of fused-ring (bicyclic) bond motifs is 1. The first-order valence-electron chi connectivity index (χ1n) is 8.42. The number of carbonyl (C=O) groups is 1. The average Bonchev–Trinajstić information content (AvgIpc) is 2.69. The van der Waals surface area contributed by atoms with Gasteiger partial charge in [-0.25, -0.2) is 4.98 Å². The SMILES string of the molecule is COc1cc2ncn(CC(=O)N(C)Cc3ccccc3)c(=O)c2cc1OC. The van der Waals surface area contributed by atoms with Crippen molar-refractivity contribution < 1.29 is 14.3 Å². The van der Waals surface area contributed by atoms with Crippen LogP contribution in [0.1, 0.15) is 5.56 Å². The third-order valence-electron chi connectivity index (χ3n) is 4.32. The zero-order chi connectivity index (χ0) is 19.4. The van der Waals surface area contributed by atoms with Crippen molar-refractivity contribution in [2.75, 3.05) is 21.3 Å². The Bertz CT molecular complexity index is 1010. The number of hydrogen-bond acceptors (Lipinski definition) is 5. The van der Waals surface area contributed by atoms with E-state index in [-0.39, 0.29) is 18.0 Å². The first kappa shape index (κ1) is 18.4. The summed E-state index contributed by atoms with van der Waals surface area (Å²) in [5.41, 5.74) is 1.20. The highest BCUT2D eigenvalue weighted by Gasteiger charge is 2.15. The molecule has 3 aromatic rings.